The first kappa shape index (κ1) is 15.3. The molecule has 5 nitrogen and oxygen atoms in total. The van der Waals surface area contributed by atoms with Crippen molar-refractivity contribution >= 4 is 15.7 Å². The molecule has 0 aliphatic heterocycles. The maximum atomic E-state index is 12.5. The molecule has 0 saturated heterocycles. The average molecular weight is 306 g/mol. The van der Waals surface area contributed by atoms with Crippen molar-refractivity contribution in [1.82, 2.24) is 0 Å². The molecule has 2 rings (SSSR count). The normalized spacial score (nSPS) is 12.9. The molecule has 1 unspecified atom stereocenters. The number of hydrogen-bond acceptors (Lipinski definition) is 4. The summed E-state index contributed by atoms with van der Waals surface area (Å²) in [6.07, 6.45) is 0. The van der Waals surface area contributed by atoms with Crippen molar-refractivity contribution in [1.29, 1.82) is 0 Å². The quantitative estimate of drug-likeness (QED) is 0.907. The van der Waals surface area contributed by atoms with E-state index < -0.39 is 10.0 Å². The topological polar surface area (TPSA) is 83.6 Å². The molecule has 21 heavy (non-hydrogen) atoms. The first-order chi connectivity index (χ1) is 9.82. The van der Waals surface area contributed by atoms with Crippen LogP contribution >= 0.6 is 0 Å². The third kappa shape index (κ3) is 3.17. The molecule has 2 aromatic carbocycles. The minimum atomic E-state index is -3.67. The number of aromatic hydroxyl groups is 1. The van der Waals surface area contributed by atoms with Crippen LogP contribution in [0.25, 0.3) is 0 Å². The minimum Gasteiger partial charge on any atom is -0.508 e. The highest BCUT2D eigenvalue weighted by Gasteiger charge is 2.21. The molecule has 0 aromatic heterocycles. The van der Waals surface area contributed by atoms with Gasteiger partial charge < -0.3 is 10.8 Å². The molecule has 0 fully saturated rings. The lowest BCUT2D eigenvalue weighted by molar-refractivity contribution is 0.475. The van der Waals surface area contributed by atoms with Gasteiger partial charge in [-0.1, -0.05) is 18.2 Å². The molecule has 0 radical (unpaired) electrons. The second-order valence-corrected chi connectivity index (χ2v) is 6.82. The zero-order valence-electron chi connectivity index (χ0n) is 11.9. The van der Waals surface area contributed by atoms with Crippen molar-refractivity contribution in [2.45, 2.75) is 17.9 Å². The van der Waals surface area contributed by atoms with Crippen molar-refractivity contribution < 1.29 is 13.5 Å². The zero-order valence-corrected chi connectivity index (χ0v) is 12.7. The zero-order chi connectivity index (χ0) is 15.6. The Bertz CT molecular complexity index is 725. The number of phenols is 1. The highest BCUT2D eigenvalue weighted by Crippen LogP contribution is 2.25. The second-order valence-electron chi connectivity index (χ2n) is 4.85. The number of sulfonamides is 1. The molecule has 0 heterocycles. The van der Waals surface area contributed by atoms with E-state index in [1.165, 1.54) is 31.3 Å². The number of nitrogens with two attached hydrogens (primary N) is 1. The van der Waals surface area contributed by atoms with Crippen molar-refractivity contribution in [3.63, 3.8) is 0 Å². The molecule has 2 aromatic rings. The average Bonchev–Trinajstić information content (AvgIpc) is 2.46. The highest BCUT2D eigenvalue weighted by molar-refractivity contribution is 7.92. The number of anilines is 1. The van der Waals surface area contributed by atoms with Gasteiger partial charge in [0.1, 0.15) is 5.75 Å². The summed E-state index contributed by atoms with van der Waals surface area (Å²) in [6.45, 7) is 1.84. The SMILES string of the molecule is CC(N)c1ccc(S(=O)(=O)N(C)c2cccc(O)c2)cc1. The van der Waals surface area contributed by atoms with Crippen LogP contribution in [-0.4, -0.2) is 20.6 Å². The van der Waals surface area contributed by atoms with Crippen LogP contribution in [-0.2, 0) is 10.0 Å². The molecule has 112 valence electrons. The van der Waals surface area contributed by atoms with Crippen LogP contribution in [0.3, 0.4) is 0 Å². The molecule has 0 spiro atoms. The van der Waals surface area contributed by atoms with E-state index in [2.05, 4.69) is 0 Å². The summed E-state index contributed by atoms with van der Waals surface area (Å²) < 4.78 is 26.2. The number of benzene rings is 2. The van der Waals surface area contributed by atoms with E-state index in [4.69, 9.17) is 5.73 Å². The van der Waals surface area contributed by atoms with Crippen LogP contribution < -0.4 is 10.0 Å². The van der Waals surface area contributed by atoms with Crippen LogP contribution in [0.4, 0.5) is 5.69 Å². The summed E-state index contributed by atoms with van der Waals surface area (Å²) in [4.78, 5) is 0.178. The molecule has 3 N–H and O–H groups in total. The minimum absolute atomic E-state index is 0.0156. The van der Waals surface area contributed by atoms with Gasteiger partial charge in [-0.3, -0.25) is 4.31 Å². The molecule has 6 heteroatoms. The van der Waals surface area contributed by atoms with Gasteiger partial charge in [-0.25, -0.2) is 8.42 Å². The fourth-order valence-electron chi connectivity index (χ4n) is 1.93. The summed E-state index contributed by atoms with van der Waals surface area (Å²) in [7, 11) is -2.22. The number of rotatable bonds is 4. The van der Waals surface area contributed by atoms with Gasteiger partial charge in [-0.2, -0.15) is 0 Å². The number of phenolic OH excluding ortho intramolecular Hbond substituents is 1. The molecule has 0 amide bonds. The van der Waals surface area contributed by atoms with Crippen molar-refractivity contribution in [3.8, 4) is 5.75 Å². The van der Waals surface area contributed by atoms with E-state index in [-0.39, 0.29) is 16.7 Å². The van der Waals surface area contributed by atoms with Gasteiger partial charge in [0.05, 0.1) is 10.6 Å². The third-order valence-electron chi connectivity index (χ3n) is 3.26. The van der Waals surface area contributed by atoms with E-state index in [1.54, 1.807) is 24.3 Å². The Morgan fingerprint density at radius 1 is 1.14 bits per heavy atom. The lowest BCUT2D eigenvalue weighted by atomic mass is 10.1. The second kappa shape index (κ2) is 5.75. The Balaban J connectivity index is 2.37. The van der Waals surface area contributed by atoms with Crippen LogP contribution in [0, 0.1) is 0 Å². The van der Waals surface area contributed by atoms with E-state index >= 15 is 0 Å². The Kier molecular flexibility index (Phi) is 4.20. The van der Waals surface area contributed by atoms with Gasteiger partial charge in [0.15, 0.2) is 0 Å². The summed E-state index contributed by atoms with van der Waals surface area (Å²) in [5.41, 5.74) is 7.02. The Labute approximate surface area is 124 Å². The van der Waals surface area contributed by atoms with E-state index in [0.717, 1.165) is 9.87 Å². The van der Waals surface area contributed by atoms with Gasteiger partial charge in [0, 0.05) is 19.2 Å². The monoisotopic (exact) mass is 306 g/mol. The van der Waals surface area contributed by atoms with Gasteiger partial charge in [-0.05, 0) is 36.8 Å². The maximum Gasteiger partial charge on any atom is 0.264 e. The highest BCUT2D eigenvalue weighted by atomic mass is 32.2. The summed E-state index contributed by atoms with van der Waals surface area (Å²) in [5, 5.41) is 9.46. The molecule has 0 aliphatic carbocycles. The summed E-state index contributed by atoms with van der Waals surface area (Å²) >= 11 is 0. The van der Waals surface area contributed by atoms with Crippen molar-refractivity contribution in [2.75, 3.05) is 11.4 Å². The van der Waals surface area contributed by atoms with Crippen LogP contribution in [0.5, 0.6) is 5.75 Å². The van der Waals surface area contributed by atoms with Crippen LogP contribution in [0.1, 0.15) is 18.5 Å². The van der Waals surface area contributed by atoms with Gasteiger partial charge in [-0.15, -0.1) is 0 Å². The largest absolute Gasteiger partial charge is 0.508 e. The molecule has 0 aliphatic rings. The van der Waals surface area contributed by atoms with E-state index in [0.29, 0.717) is 5.69 Å². The number of nitrogens with zero attached hydrogens (tertiary/aromatic N) is 1. The van der Waals surface area contributed by atoms with Gasteiger partial charge >= 0.3 is 0 Å². The Morgan fingerprint density at radius 3 is 2.29 bits per heavy atom. The van der Waals surface area contributed by atoms with Crippen LogP contribution in [0.15, 0.2) is 53.4 Å². The number of hydrogen-bond donors (Lipinski definition) is 2. The van der Waals surface area contributed by atoms with Crippen molar-refractivity contribution in [3.05, 3.63) is 54.1 Å². The summed E-state index contributed by atoms with van der Waals surface area (Å²) in [5.74, 6) is 0.0156. The van der Waals surface area contributed by atoms with Crippen LogP contribution in [0.2, 0.25) is 0 Å². The predicted molar refractivity (Wildman–Crippen MR) is 82.7 cm³/mol. The lowest BCUT2D eigenvalue weighted by Crippen LogP contribution is -2.26. The smallest absolute Gasteiger partial charge is 0.264 e. The molecule has 0 bridgehead atoms. The van der Waals surface area contributed by atoms with E-state index in [9.17, 15) is 13.5 Å². The first-order valence-electron chi connectivity index (χ1n) is 6.46. The Morgan fingerprint density at radius 2 is 1.76 bits per heavy atom. The Hall–Kier alpha value is -2.05. The summed E-state index contributed by atoms with van der Waals surface area (Å²) in [6, 6.07) is 12.4. The standard InChI is InChI=1S/C15H18N2O3S/c1-11(16)12-6-8-15(9-7-12)21(19,20)17(2)13-4-3-5-14(18)10-13/h3-11,18H,16H2,1-2H3. The molecule has 0 saturated carbocycles. The van der Waals surface area contributed by atoms with E-state index in [1.807, 2.05) is 6.92 Å². The fourth-order valence-corrected chi connectivity index (χ4v) is 3.12. The lowest BCUT2D eigenvalue weighted by Gasteiger charge is -2.20. The van der Waals surface area contributed by atoms with Gasteiger partial charge in [0.2, 0.25) is 0 Å². The molecule has 1 atom stereocenters. The third-order valence-corrected chi connectivity index (χ3v) is 5.06. The van der Waals surface area contributed by atoms with Crippen molar-refractivity contribution in [2.24, 2.45) is 5.73 Å². The van der Waals surface area contributed by atoms with Gasteiger partial charge in [0.25, 0.3) is 10.0 Å². The first-order valence-corrected chi connectivity index (χ1v) is 7.90. The predicted octanol–water partition coefficient (Wildman–Crippen LogP) is 2.24. The molecular formula is C15H18N2O3S. The maximum absolute atomic E-state index is 12.5. The fraction of sp³-hybridized carbons (Fsp3) is 0.200. The molecular weight excluding hydrogens is 288 g/mol.